The minimum absolute atomic E-state index is 0.126. The molecule has 1 fully saturated rings. The molecule has 20 heavy (non-hydrogen) atoms. The van der Waals surface area contributed by atoms with Crippen molar-refractivity contribution in [2.45, 2.75) is 36.6 Å². The minimum atomic E-state index is 0.126. The molecule has 0 aromatic carbocycles. The number of nitrogens with two attached hydrogens (primary N) is 1. The average Bonchev–Trinajstić information content (AvgIpc) is 3.07. The average molecular weight is 316 g/mol. The number of ether oxygens (including phenoxy) is 1. The van der Waals surface area contributed by atoms with Gasteiger partial charge >= 0.3 is 0 Å². The predicted molar refractivity (Wildman–Crippen MR) is 80.9 cm³/mol. The lowest BCUT2D eigenvalue weighted by Gasteiger charge is -2.24. The SMILES string of the molecule is CCCN(CC1CCCO1)C(=O)CSc1nnc(N)s1. The van der Waals surface area contributed by atoms with Crippen LogP contribution >= 0.6 is 23.1 Å². The zero-order valence-electron chi connectivity index (χ0n) is 11.6. The van der Waals surface area contributed by atoms with E-state index < -0.39 is 0 Å². The van der Waals surface area contributed by atoms with Crippen LogP contribution in [0.2, 0.25) is 0 Å². The monoisotopic (exact) mass is 316 g/mol. The molecule has 0 saturated carbocycles. The number of nitrogens with zero attached hydrogens (tertiary/aromatic N) is 3. The molecule has 1 atom stereocenters. The molecule has 1 unspecified atom stereocenters. The summed E-state index contributed by atoms with van der Waals surface area (Å²) in [7, 11) is 0. The van der Waals surface area contributed by atoms with Gasteiger partial charge in [0, 0.05) is 19.7 Å². The summed E-state index contributed by atoms with van der Waals surface area (Å²) in [6.45, 7) is 4.37. The van der Waals surface area contributed by atoms with Gasteiger partial charge in [0.1, 0.15) is 0 Å². The molecule has 6 nitrogen and oxygen atoms in total. The van der Waals surface area contributed by atoms with Crippen molar-refractivity contribution in [3.05, 3.63) is 0 Å². The van der Waals surface area contributed by atoms with Gasteiger partial charge in [-0.15, -0.1) is 10.2 Å². The Morgan fingerprint density at radius 3 is 3.05 bits per heavy atom. The van der Waals surface area contributed by atoms with Gasteiger partial charge in [-0.25, -0.2) is 0 Å². The first-order valence-corrected chi connectivity index (χ1v) is 8.60. The van der Waals surface area contributed by atoms with Gasteiger partial charge in [-0.2, -0.15) is 0 Å². The molecular formula is C12H20N4O2S2. The summed E-state index contributed by atoms with van der Waals surface area (Å²) in [5, 5.41) is 8.08. The van der Waals surface area contributed by atoms with Crippen LogP contribution in [0.3, 0.4) is 0 Å². The molecule has 0 spiro atoms. The number of hydrogen-bond acceptors (Lipinski definition) is 7. The second kappa shape index (κ2) is 7.80. The van der Waals surface area contributed by atoms with E-state index in [1.165, 1.54) is 23.1 Å². The van der Waals surface area contributed by atoms with Gasteiger partial charge in [0.25, 0.3) is 0 Å². The summed E-state index contributed by atoms with van der Waals surface area (Å²) < 4.78 is 6.35. The smallest absolute Gasteiger partial charge is 0.233 e. The van der Waals surface area contributed by atoms with Crippen LogP contribution in [0.4, 0.5) is 5.13 Å². The molecule has 112 valence electrons. The first-order valence-electron chi connectivity index (χ1n) is 6.80. The van der Waals surface area contributed by atoms with Crippen LogP contribution in [0.1, 0.15) is 26.2 Å². The van der Waals surface area contributed by atoms with E-state index >= 15 is 0 Å². The lowest BCUT2D eigenvalue weighted by molar-refractivity contribution is -0.129. The quantitative estimate of drug-likeness (QED) is 0.770. The third-order valence-corrected chi connectivity index (χ3v) is 4.91. The van der Waals surface area contributed by atoms with Gasteiger partial charge in [0.05, 0.1) is 11.9 Å². The molecule has 1 aromatic heterocycles. The number of aromatic nitrogens is 2. The third kappa shape index (κ3) is 4.60. The lowest BCUT2D eigenvalue weighted by atomic mass is 10.2. The van der Waals surface area contributed by atoms with E-state index in [1.54, 1.807) is 0 Å². The zero-order chi connectivity index (χ0) is 14.4. The molecule has 0 bridgehead atoms. The van der Waals surface area contributed by atoms with Gasteiger partial charge in [0.15, 0.2) is 4.34 Å². The van der Waals surface area contributed by atoms with Crippen LogP contribution in [0, 0.1) is 0 Å². The summed E-state index contributed by atoms with van der Waals surface area (Å²) in [6, 6.07) is 0. The highest BCUT2D eigenvalue weighted by molar-refractivity contribution is 8.01. The Labute approximate surface area is 127 Å². The van der Waals surface area contributed by atoms with E-state index in [1.807, 2.05) is 4.90 Å². The first-order chi connectivity index (χ1) is 9.69. The van der Waals surface area contributed by atoms with Gasteiger partial charge in [-0.1, -0.05) is 30.0 Å². The molecular weight excluding hydrogens is 296 g/mol. The van der Waals surface area contributed by atoms with Gasteiger partial charge in [-0.05, 0) is 19.3 Å². The molecule has 8 heteroatoms. The second-order valence-electron chi connectivity index (χ2n) is 4.67. The number of rotatable bonds is 7. The number of anilines is 1. The predicted octanol–water partition coefficient (Wildman–Crippen LogP) is 1.63. The minimum Gasteiger partial charge on any atom is -0.376 e. The largest absolute Gasteiger partial charge is 0.376 e. The fourth-order valence-corrected chi connectivity index (χ4v) is 3.65. The number of hydrogen-bond donors (Lipinski definition) is 1. The van der Waals surface area contributed by atoms with Gasteiger partial charge in [0.2, 0.25) is 11.0 Å². The van der Waals surface area contributed by atoms with Crippen molar-refractivity contribution in [3.8, 4) is 0 Å². The maximum atomic E-state index is 12.3. The van der Waals surface area contributed by atoms with E-state index in [2.05, 4.69) is 17.1 Å². The number of nitrogen functional groups attached to an aromatic ring is 1. The second-order valence-corrected chi connectivity index (χ2v) is 6.90. The van der Waals surface area contributed by atoms with Crippen molar-refractivity contribution in [2.75, 3.05) is 31.2 Å². The first kappa shape index (κ1) is 15.5. The molecule has 1 aromatic rings. The Morgan fingerprint density at radius 2 is 2.45 bits per heavy atom. The standard InChI is InChI=1S/C12H20N4O2S2/c1-2-5-16(7-9-4-3-6-18-9)10(17)8-19-12-15-14-11(13)20-12/h9H,2-8H2,1H3,(H2,13,14). The van der Waals surface area contributed by atoms with Gasteiger partial charge < -0.3 is 15.4 Å². The fraction of sp³-hybridized carbons (Fsp3) is 0.750. The Morgan fingerprint density at radius 1 is 1.60 bits per heavy atom. The van der Waals surface area contributed by atoms with Crippen LogP contribution in [-0.4, -0.2) is 52.6 Å². The highest BCUT2D eigenvalue weighted by Gasteiger charge is 2.22. The normalized spacial score (nSPS) is 18.4. The molecule has 0 aliphatic carbocycles. The number of carbonyl (C=O) groups excluding carboxylic acids is 1. The molecule has 1 aliphatic heterocycles. The maximum absolute atomic E-state index is 12.3. The van der Waals surface area contributed by atoms with Crippen LogP contribution < -0.4 is 5.73 Å². The summed E-state index contributed by atoms with van der Waals surface area (Å²) in [4.78, 5) is 14.2. The van der Waals surface area contributed by atoms with Crippen molar-refractivity contribution < 1.29 is 9.53 Å². The fourth-order valence-electron chi connectivity index (χ4n) is 2.12. The Kier molecular flexibility index (Phi) is 6.06. The molecule has 2 heterocycles. The van der Waals surface area contributed by atoms with Crippen molar-refractivity contribution in [2.24, 2.45) is 0 Å². The lowest BCUT2D eigenvalue weighted by Crippen LogP contribution is -2.38. The maximum Gasteiger partial charge on any atom is 0.233 e. The number of thioether (sulfide) groups is 1. The van der Waals surface area contributed by atoms with Gasteiger partial charge in [-0.3, -0.25) is 4.79 Å². The van der Waals surface area contributed by atoms with E-state index in [9.17, 15) is 4.79 Å². The van der Waals surface area contributed by atoms with Crippen molar-refractivity contribution in [1.82, 2.24) is 15.1 Å². The Hall–Kier alpha value is -0.860. The molecule has 1 amide bonds. The van der Waals surface area contributed by atoms with Crippen molar-refractivity contribution in [3.63, 3.8) is 0 Å². The number of carbonyl (C=O) groups is 1. The summed E-state index contributed by atoms with van der Waals surface area (Å²) in [5.41, 5.74) is 5.52. The molecule has 2 N–H and O–H groups in total. The summed E-state index contributed by atoms with van der Waals surface area (Å²) in [5.74, 6) is 0.502. The van der Waals surface area contributed by atoms with E-state index in [0.29, 0.717) is 17.4 Å². The molecule has 0 radical (unpaired) electrons. The highest BCUT2D eigenvalue weighted by Crippen LogP contribution is 2.24. The summed E-state index contributed by atoms with van der Waals surface area (Å²) >= 11 is 2.71. The highest BCUT2D eigenvalue weighted by atomic mass is 32.2. The molecule has 2 rings (SSSR count). The molecule has 1 aliphatic rings. The van der Waals surface area contributed by atoms with Crippen molar-refractivity contribution in [1.29, 1.82) is 0 Å². The van der Waals surface area contributed by atoms with Crippen LogP contribution in [0.5, 0.6) is 0 Å². The molecule has 1 saturated heterocycles. The Bertz CT molecular complexity index is 435. The Balaban J connectivity index is 1.82. The van der Waals surface area contributed by atoms with E-state index in [0.717, 1.165) is 36.8 Å². The van der Waals surface area contributed by atoms with E-state index in [4.69, 9.17) is 10.5 Å². The topological polar surface area (TPSA) is 81.3 Å². The van der Waals surface area contributed by atoms with E-state index in [-0.39, 0.29) is 12.0 Å². The van der Waals surface area contributed by atoms with Crippen LogP contribution in [-0.2, 0) is 9.53 Å². The van der Waals surface area contributed by atoms with Crippen LogP contribution in [0.15, 0.2) is 4.34 Å². The van der Waals surface area contributed by atoms with Crippen molar-refractivity contribution >= 4 is 34.1 Å². The zero-order valence-corrected chi connectivity index (χ0v) is 13.2. The number of amides is 1. The van der Waals surface area contributed by atoms with Crippen LogP contribution in [0.25, 0.3) is 0 Å². The third-order valence-electron chi connectivity index (χ3n) is 3.04. The summed E-state index contributed by atoms with van der Waals surface area (Å²) in [6.07, 6.45) is 3.30.